The van der Waals surface area contributed by atoms with Crippen molar-refractivity contribution in [2.75, 3.05) is 13.7 Å². The Hall–Kier alpha value is -1.06. The molecule has 0 spiro atoms. The molecular formula is C18H28O3. The number of hydrogen-bond acceptors (Lipinski definition) is 3. The summed E-state index contributed by atoms with van der Waals surface area (Å²) in [6.07, 6.45) is 3.00. The molecule has 1 aromatic carbocycles. The van der Waals surface area contributed by atoms with Gasteiger partial charge in [0.05, 0.1) is 12.5 Å². The van der Waals surface area contributed by atoms with Crippen LogP contribution in [0.4, 0.5) is 0 Å². The van der Waals surface area contributed by atoms with Crippen LogP contribution in [0.5, 0.6) is 5.75 Å². The number of ether oxygens (including phenoxy) is 3. The van der Waals surface area contributed by atoms with Gasteiger partial charge in [-0.05, 0) is 43.9 Å². The quantitative estimate of drug-likeness (QED) is 0.740. The fraction of sp³-hybridized carbons (Fsp3) is 0.667. The summed E-state index contributed by atoms with van der Waals surface area (Å²) in [6.45, 7) is 9.53. The van der Waals surface area contributed by atoms with Crippen molar-refractivity contribution < 1.29 is 14.2 Å². The Labute approximate surface area is 128 Å². The topological polar surface area (TPSA) is 27.7 Å². The monoisotopic (exact) mass is 292 g/mol. The third-order valence-electron chi connectivity index (χ3n) is 5.12. The van der Waals surface area contributed by atoms with Crippen molar-refractivity contribution in [3.63, 3.8) is 0 Å². The molecule has 1 aliphatic rings. The molecule has 0 saturated carbocycles. The van der Waals surface area contributed by atoms with Crippen LogP contribution in [-0.4, -0.2) is 20.0 Å². The van der Waals surface area contributed by atoms with Gasteiger partial charge >= 0.3 is 0 Å². The third-order valence-corrected chi connectivity index (χ3v) is 5.12. The second-order valence-electron chi connectivity index (χ2n) is 5.95. The largest absolute Gasteiger partial charge is 0.497 e. The smallest absolute Gasteiger partial charge is 0.167 e. The first kappa shape index (κ1) is 16.3. The molecule has 0 aromatic heterocycles. The summed E-state index contributed by atoms with van der Waals surface area (Å²) < 4.78 is 17.4. The van der Waals surface area contributed by atoms with Gasteiger partial charge in [-0.15, -0.1) is 0 Å². The van der Waals surface area contributed by atoms with Crippen LogP contribution in [0.1, 0.15) is 52.5 Å². The molecule has 3 nitrogen and oxygen atoms in total. The van der Waals surface area contributed by atoms with E-state index in [-0.39, 0.29) is 17.3 Å². The van der Waals surface area contributed by atoms with E-state index >= 15 is 0 Å². The van der Waals surface area contributed by atoms with Crippen LogP contribution in [0.15, 0.2) is 24.3 Å². The summed E-state index contributed by atoms with van der Waals surface area (Å²) in [5, 5.41) is 0. The van der Waals surface area contributed by atoms with Crippen LogP contribution in [0.2, 0.25) is 0 Å². The maximum atomic E-state index is 6.22. The summed E-state index contributed by atoms with van der Waals surface area (Å²) in [6, 6.07) is 8.21. The van der Waals surface area contributed by atoms with Crippen molar-refractivity contribution in [2.45, 2.75) is 58.8 Å². The molecule has 0 N–H and O–H groups in total. The minimum absolute atomic E-state index is 0.0385. The highest BCUT2D eigenvalue weighted by atomic mass is 16.7. The van der Waals surface area contributed by atoms with Crippen molar-refractivity contribution in [3.8, 4) is 5.75 Å². The molecule has 0 aliphatic carbocycles. The van der Waals surface area contributed by atoms with Gasteiger partial charge in [0.25, 0.3) is 0 Å². The molecule has 1 fully saturated rings. The fourth-order valence-corrected chi connectivity index (χ4v) is 3.55. The summed E-state index contributed by atoms with van der Waals surface area (Å²) in [5.74, 6) is 0.874. The first-order valence-electron chi connectivity index (χ1n) is 8.02. The Bertz CT molecular complexity index is 450. The van der Waals surface area contributed by atoms with Gasteiger partial charge < -0.3 is 14.2 Å². The zero-order valence-electron chi connectivity index (χ0n) is 13.9. The second-order valence-corrected chi connectivity index (χ2v) is 5.95. The Morgan fingerprint density at radius 1 is 1.10 bits per heavy atom. The second kappa shape index (κ2) is 6.37. The normalized spacial score (nSPS) is 27.2. The average molecular weight is 292 g/mol. The lowest BCUT2D eigenvalue weighted by atomic mass is 9.61. The maximum absolute atomic E-state index is 6.22. The van der Waals surface area contributed by atoms with Crippen molar-refractivity contribution in [3.05, 3.63) is 29.8 Å². The van der Waals surface area contributed by atoms with E-state index in [2.05, 4.69) is 39.8 Å². The molecule has 0 radical (unpaired) electrons. The molecule has 0 amide bonds. The highest BCUT2D eigenvalue weighted by Gasteiger charge is 2.64. The molecule has 118 valence electrons. The molecule has 21 heavy (non-hydrogen) atoms. The van der Waals surface area contributed by atoms with E-state index in [1.165, 1.54) is 5.56 Å². The molecule has 2 unspecified atom stereocenters. The molecular weight excluding hydrogens is 264 g/mol. The molecule has 0 bridgehead atoms. The number of hydrogen-bond donors (Lipinski definition) is 0. The van der Waals surface area contributed by atoms with E-state index in [4.69, 9.17) is 14.2 Å². The molecule has 3 heteroatoms. The van der Waals surface area contributed by atoms with Crippen LogP contribution < -0.4 is 4.74 Å². The SMILES string of the molecule is CCCOC1OC(C)(c2ccc(OC)cc2)C1(CC)CC. The Balaban J connectivity index is 2.27. The number of benzene rings is 1. The number of methoxy groups -OCH3 is 1. The lowest BCUT2D eigenvalue weighted by Gasteiger charge is -2.62. The van der Waals surface area contributed by atoms with Crippen LogP contribution in [0.3, 0.4) is 0 Å². The maximum Gasteiger partial charge on any atom is 0.167 e. The first-order chi connectivity index (χ1) is 10.1. The van der Waals surface area contributed by atoms with E-state index in [1.54, 1.807) is 7.11 Å². The molecule has 2 rings (SSSR count). The highest BCUT2D eigenvalue weighted by Crippen LogP contribution is 2.60. The van der Waals surface area contributed by atoms with Crippen molar-refractivity contribution in [2.24, 2.45) is 5.41 Å². The molecule has 1 heterocycles. The molecule has 2 atom stereocenters. The van der Waals surface area contributed by atoms with E-state index in [0.717, 1.165) is 31.6 Å². The zero-order valence-corrected chi connectivity index (χ0v) is 13.9. The average Bonchev–Trinajstić information content (AvgIpc) is 2.52. The zero-order chi connectivity index (χ0) is 15.5. The summed E-state index contributed by atoms with van der Waals surface area (Å²) >= 11 is 0. The van der Waals surface area contributed by atoms with Crippen LogP contribution >= 0.6 is 0 Å². The Morgan fingerprint density at radius 3 is 2.19 bits per heavy atom. The van der Waals surface area contributed by atoms with Gasteiger partial charge in [-0.1, -0.05) is 32.9 Å². The minimum Gasteiger partial charge on any atom is -0.497 e. The summed E-state index contributed by atoms with van der Waals surface area (Å²) in [7, 11) is 1.69. The van der Waals surface area contributed by atoms with Gasteiger partial charge in [0, 0.05) is 6.61 Å². The van der Waals surface area contributed by atoms with E-state index in [1.807, 2.05) is 12.1 Å². The van der Waals surface area contributed by atoms with Gasteiger partial charge in [-0.3, -0.25) is 0 Å². The highest BCUT2D eigenvalue weighted by molar-refractivity contribution is 5.34. The minimum atomic E-state index is -0.290. The van der Waals surface area contributed by atoms with Crippen molar-refractivity contribution >= 4 is 0 Å². The van der Waals surface area contributed by atoms with Gasteiger partial charge in [0.15, 0.2) is 6.29 Å². The fourth-order valence-electron chi connectivity index (χ4n) is 3.55. The van der Waals surface area contributed by atoms with Crippen LogP contribution in [-0.2, 0) is 15.1 Å². The molecule has 1 aliphatic heterocycles. The first-order valence-corrected chi connectivity index (χ1v) is 8.02. The van der Waals surface area contributed by atoms with Gasteiger partial charge in [-0.2, -0.15) is 0 Å². The Kier molecular flexibility index (Phi) is 4.95. The van der Waals surface area contributed by atoms with Crippen LogP contribution in [0.25, 0.3) is 0 Å². The summed E-state index contributed by atoms with van der Waals surface area (Å²) in [5.41, 5.74) is 0.945. The summed E-state index contributed by atoms with van der Waals surface area (Å²) in [4.78, 5) is 0. The van der Waals surface area contributed by atoms with E-state index in [0.29, 0.717) is 0 Å². The van der Waals surface area contributed by atoms with Crippen molar-refractivity contribution in [1.29, 1.82) is 0 Å². The number of rotatable bonds is 7. The van der Waals surface area contributed by atoms with E-state index in [9.17, 15) is 0 Å². The van der Waals surface area contributed by atoms with Gasteiger partial charge in [-0.25, -0.2) is 0 Å². The van der Waals surface area contributed by atoms with Gasteiger partial charge in [0.2, 0.25) is 0 Å². The van der Waals surface area contributed by atoms with Gasteiger partial charge in [0.1, 0.15) is 11.4 Å². The standard InChI is InChI=1S/C18H28O3/c1-6-13-20-16-18(7-2,8-3)17(4,21-16)14-9-11-15(19-5)12-10-14/h9-12,16H,6-8,13H2,1-5H3. The third kappa shape index (κ3) is 2.47. The predicted molar refractivity (Wildman–Crippen MR) is 84.5 cm³/mol. The lowest BCUT2D eigenvalue weighted by molar-refractivity contribution is -0.408. The van der Waals surface area contributed by atoms with Crippen LogP contribution in [0, 0.1) is 5.41 Å². The predicted octanol–water partition coefficient (Wildman–Crippen LogP) is 4.50. The molecule has 1 saturated heterocycles. The van der Waals surface area contributed by atoms with Crippen molar-refractivity contribution in [1.82, 2.24) is 0 Å². The Morgan fingerprint density at radius 2 is 1.71 bits per heavy atom. The lowest BCUT2D eigenvalue weighted by Crippen LogP contribution is -2.65. The van der Waals surface area contributed by atoms with E-state index < -0.39 is 0 Å². The molecule has 1 aromatic rings.